The molecule has 20 heavy (non-hydrogen) atoms. The summed E-state index contributed by atoms with van der Waals surface area (Å²) in [6.07, 6.45) is 1.11. The van der Waals surface area contributed by atoms with Crippen LogP contribution in [0.5, 0.6) is 10.9 Å². The molecule has 108 valence electrons. The SMILES string of the molecule is CCCNCc1nnc(Oc2c(C)ccc(C)c2C)s1. The van der Waals surface area contributed by atoms with E-state index < -0.39 is 0 Å². The van der Waals surface area contributed by atoms with Gasteiger partial charge in [0.1, 0.15) is 10.8 Å². The van der Waals surface area contributed by atoms with Crippen LogP contribution in [0.15, 0.2) is 12.1 Å². The van der Waals surface area contributed by atoms with Crippen LogP contribution >= 0.6 is 11.3 Å². The van der Waals surface area contributed by atoms with Gasteiger partial charge >= 0.3 is 0 Å². The molecule has 1 heterocycles. The molecule has 0 aliphatic rings. The number of nitrogens with zero attached hydrogens (tertiary/aromatic N) is 2. The van der Waals surface area contributed by atoms with E-state index >= 15 is 0 Å². The highest BCUT2D eigenvalue weighted by molar-refractivity contribution is 7.13. The summed E-state index contributed by atoms with van der Waals surface area (Å²) in [5, 5.41) is 13.1. The van der Waals surface area contributed by atoms with Crippen molar-refractivity contribution in [3.8, 4) is 10.9 Å². The monoisotopic (exact) mass is 291 g/mol. The number of ether oxygens (including phenoxy) is 1. The molecular formula is C15H21N3OS. The van der Waals surface area contributed by atoms with Crippen molar-refractivity contribution in [3.05, 3.63) is 33.8 Å². The van der Waals surface area contributed by atoms with E-state index in [9.17, 15) is 0 Å². The first-order chi connectivity index (χ1) is 9.61. The van der Waals surface area contributed by atoms with Crippen LogP contribution in [0.1, 0.15) is 35.0 Å². The largest absolute Gasteiger partial charge is 0.429 e. The standard InChI is InChI=1S/C15H21N3OS/c1-5-8-16-9-13-17-18-15(20-13)19-14-11(3)7-6-10(2)12(14)4/h6-7,16H,5,8-9H2,1-4H3. The number of aryl methyl sites for hydroxylation is 2. The second-order valence-electron chi connectivity index (χ2n) is 4.89. The van der Waals surface area contributed by atoms with Crippen molar-refractivity contribution in [1.82, 2.24) is 15.5 Å². The summed E-state index contributed by atoms with van der Waals surface area (Å²) in [7, 11) is 0. The highest BCUT2D eigenvalue weighted by Crippen LogP contribution is 2.32. The summed E-state index contributed by atoms with van der Waals surface area (Å²) >= 11 is 1.49. The average Bonchev–Trinajstić information content (AvgIpc) is 2.87. The minimum Gasteiger partial charge on any atom is -0.429 e. The lowest BCUT2D eigenvalue weighted by molar-refractivity contribution is 0.465. The van der Waals surface area contributed by atoms with Crippen molar-refractivity contribution in [2.24, 2.45) is 0 Å². The smallest absolute Gasteiger partial charge is 0.299 e. The Hall–Kier alpha value is -1.46. The van der Waals surface area contributed by atoms with Gasteiger partial charge in [-0.15, -0.1) is 5.10 Å². The van der Waals surface area contributed by atoms with Crippen molar-refractivity contribution in [1.29, 1.82) is 0 Å². The summed E-state index contributed by atoms with van der Waals surface area (Å²) in [6.45, 7) is 10.1. The summed E-state index contributed by atoms with van der Waals surface area (Å²) < 4.78 is 5.92. The topological polar surface area (TPSA) is 47.0 Å². The normalized spacial score (nSPS) is 10.8. The fourth-order valence-corrected chi connectivity index (χ4v) is 2.56. The number of rotatable bonds is 6. The second kappa shape index (κ2) is 6.81. The van der Waals surface area contributed by atoms with Crippen LogP contribution in [0.4, 0.5) is 0 Å². The number of nitrogens with one attached hydrogen (secondary N) is 1. The molecule has 0 fully saturated rings. The molecule has 2 aromatic rings. The van der Waals surface area contributed by atoms with E-state index in [1.807, 2.05) is 6.92 Å². The fourth-order valence-electron chi connectivity index (χ4n) is 1.89. The molecule has 0 bridgehead atoms. The highest BCUT2D eigenvalue weighted by atomic mass is 32.1. The lowest BCUT2D eigenvalue weighted by Crippen LogP contribution is -2.13. The van der Waals surface area contributed by atoms with Gasteiger partial charge in [-0.3, -0.25) is 0 Å². The van der Waals surface area contributed by atoms with Crippen LogP contribution in [-0.2, 0) is 6.54 Å². The van der Waals surface area contributed by atoms with Crippen LogP contribution in [0.3, 0.4) is 0 Å². The Balaban J connectivity index is 2.09. The van der Waals surface area contributed by atoms with Crippen molar-refractivity contribution in [3.63, 3.8) is 0 Å². The third kappa shape index (κ3) is 3.55. The van der Waals surface area contributed by atoms with E-state index in [0.29, 0.717) is 5.19 Å². The fraction of sp³-hybridized carbons (Fsp3) is 0.467. The Morgan fingerprint density at radius 3 is 2.65 bits per heavy atom. The molecule has 0 atom stereocenters. The van der Waals surface area contributed by atoms with Gasteiger partial charge in [0.2, 0.25) is 0 Å². The van der Waals surface area contributed by atoms with E-state index in [2.05, 4.69) is 48.4 Å². The van der Waals surface area contributed by atoms with E-state index in [-0.39, 0.29) is 0 Å². The molecule has 5 heteroatoms. The summed E-state index contributed by atoms with van der Waals surface area (Å²) in [4.78, 5) is 0. The molecule has 0 saturated carbocycles. The molecule has 0 saturated heterocycles. The van der Waals surface area contributed by atoms with E-state index in [4.69, 9.17) is 4.74 Å². The second-order valence-corrected chi connectivity index (χ2v) is 5.92. The Bertz CT molecular complexity index is 580. The zero-order chi connectivity index (χ0) is 14.5. The Morgan fingerprint density at radius 1 is 1.15 bits per heavy atom. The first-order valence-electron chi connectivity index (χ1n) is 6.89. The Morgan fingerprint density at radius 2 is 1.90 bits per heavy atom. The number of aromatic nitrogens is 2. The first kappa shape index (κ1) is 14.9. The number of hydrogen-bond donors (Lipinski definition) is 1. The van der Waals surface area contributed by atoms with Crippen molar-refractivity contribution < 1.29 is 4.74 Å². The van der Waals surface area contributed by atoms with Gasteiger partial charge in [0.15, 0.2) is 0 Å². The highest BCUT2D eigenvalue weighted by Gasteiger charge is 2.11. The lowest BCUT2D eigenvalue weighted by Gasteiger charge is -2.10. The predicted octanol–water partition coefficient (Wildman–Crippen LogP) is 3.76. The average molecular weight is 291 g/mol. The molecule has 1 aromatic carbocycles. The molecular weight excluding hydrogens is 270 g/mol. The quantitative estimate of drug-likeness (QED) is 0.823. The van der Waals surface area contributed by atoms with Gasteiger partial charge in [0.25, 0.3) is 5.19 Å². The number of hydrogen-bond acceptors (Lipinski definition) is 5. The molecule has 4 nitrogen and oxygen atoms in total. The molecule has 1 N–H and O–H groups in total. The first-order valence-corrected chi connectivity index (χ1v) is 7.71. The van der Waals surface area contributed by atoms with Crippen molar-refractivity contribution in [2.45, 2.75) is 40.7 Å². The summed E-state index contributed by atoms with van der Waals surface area (Å²) in [5.41, 5.74) is 3.50. The van der Waals surface area contributed by atoms with Crippen molar-refractivity contribution >= 4 is 11.3 Å². The van der Waals surface area contributed by atoms with E-state index in [1.165, 1.54) is 16.9 Å². The minimum absolute atomic E-state index is 0.607. The Labute approximate surface area is 124 Å². The minimum atomic E-state index is 0.607. The van der Waals surface area contributed by atoms with Gasteiger partial charge in [-0.25, -0.2) is 0 Å². The van der Waals surface area contributed by atoms with Crippen LogP contribution in [0.2, 0.25) is 0 Å². The maximum Gasteiger partial charge on any atom is 0.299 e. The number of benzene rings is 1. The Kier molecular flexibility index (Phi) is 5.09. The molecule has 0 radical (unpaired) electrons. The van der Waals surface area contributed by atoms with Gasteiger partial charge in [0.05, 0.1) is 0 Å². The van der Waals surface area contributed by atoms with Gasteiger partial charge in [-0.1, -0.05) is 35.5 Å². The van der Waals surface area contributed by atoms with Crippen molar-refractivity contribution in [2.75, 3.05) is 6.54 Å². The van der Waals surface area contributed by atoms with Crippen LogP contribution in [-0.4, -0.2) is 16.7 Å². The third-order valence-electron chi connectivity index (χ3n) is 3.21. The zero-order valence-corrected chi connectivity index (χ0v) is 13.3. The summed E-state index contributed by atoms with van der Waals surface area (Å²) in [6, 6.07) is 4.18. The lowest BCUT2D eigenvalue weighted by atomic mass is 10.1. The molecule has 0 amide bonds. The van der Waals surface area contributed by atoms with Crippen LogP contribution < -0.4 is 10.1 Å². The molecule has 2 rings (SSSR count). The van der Waals surface area contributed by atoms with Gasteiger partial charge in [-0.2, -0.15) is 0 Å². The molecule has 0 aliphatic heterocycles. The maximum atomic E-state index is 5.92. The maximum absolute atomic E-state index is 5.92. The predicted molar refractivity (Wildman–Crippen MR) is 82.6 cm³/mol. The van der Waals surface area contributed by atoms with Gasteiger partial charge < -0.3 is 10.1 Å². The van der Waals surface area contributed by atoms with E-state index in [0.717, 1.165) is 41.4 Å². The molecule has 1 aromatic heterocycles. The molecule has 0 aliphatic carbocycles. The van der Waals surface area contributed by atoms with Gasteiger partial charge in [0, 0.05) is 6.54 Å². The van der Waals surface area contributed by atoms with Crippen LogP contribution in [0, 0.1) is 20.8 Å². The van der Waals surface area contributed by atoms with E-state index in [1.54, 1.807) is 0 Å². The molecule has 0 unspecified atom stereocenters. The summed E-state index contributed by atoms with van der Waals surface area (Å²) in [5.74, 6) is 0.897. The van der Waals surface area contributed by atoms with Gasteiger partial charge in [-0.05, 0) is 50.4 Å². The zero-order valence-electron chi connectivity index (χ0n) is 12.5. The van der Waals surface area contributed by atoms with Crippen LogP contribution in [0.25, 0.3) is 0 Å². The molecule has 0 spiro atoms. The third-order valence-corrected chi connectivity index (χ3v) is 4.02.